The van der Waals surface area contributed by atoms with Crippen molar-refractivity contribution in [1.29, 1.82) is 0 Å². The highest BCUT2D eigenvalue weighted by Gasteiger charge is 2.30. The number of carbonyl (C=O) groups excluding carboxylic acids is 2. The number of aryl methyl sites for hydroxylation is 2. The van der Waals surface area contributed by atoms with Crippen LogP contribution in [0.3, 0.4) is 0 Å². The van der Waals surface area contributed by atoms with E-state index >= 15 is 0 Å². The third-order valence-corrected chi connectivity index (χ3v) is 5.71. The van der Waals surface area contributed by atoms with Gasteiger partial charge in [0.15, 0.2) is 5.78 Å². The zero-order valence-corrected chi connectivity index (χ0v) is 18.5. The summed E-state index contributed by atoms with van der Waals surface area (Å²) in [6, 6.07) is 13.5. The van der Waals surface area contributed by atoms with Crippen molar-refractivity contribution in [3.8, 4) is 11.3 Å². The Balaban J connectivity index is 1.66. The molecule has 2 heterocycles. The summed E-state index contributed by atoms with van der Waals surface area (Å²) in [5, 5.41) is 7.10. The fourth-order valence-electron chi connectivity index (χ4n) is 3.75. The lowest BCUT2D eigenvalue weighted by Crippen LogP contribution is -2.43. The first-order valence-electron chi connectivity index (χ1n) is 10.4. The lowest BCUT2D eigenvalue weighted by molar-refractivity contribution is -0.115. The smallest absolute Gasteiger partial charge is 0.321 e. The van der Waals surface area contributed by atoms with Crippen molar-refractivity contribution in [1.82, 2.24) is 20.0 Å². The Morgan fingerprint density at radius 2 is 1.79 bits per heavy atom. The number of Topliss-reactive ketones (excluding diaryl/α,β-unsaturated/α-hetero) is 1. The van der Waals surface area contributed by atoms with Gasteiger partial charge in [0.1, 0.15) is 5.82 Å². The summed E-state index contributed by atoms with van der Waals surface area (Å²) in [4.78, 5) is 38.6. The van der Waals surface area contributed by atoms with Crippen molar-refractivity contribution in [2.24, 2.45) is 7.05 Å². The number of halogens is 1. The number of amides is 2. The summed E-state index contributed by atoms with van der Waals surface area (Å²) < 4.78 is 14.7. The van der Waals surface area contributed by atoms with Crippen molar-refractivity contribution in [2.75, 3.05) is 7.05 Å². The maximum absolute atomic E-state index is 13.4. The third-order valence-electron chi connectivity index (χ3n) is 5.71. The van der Waals surface area contributed by atoms with Crippen molar-refractivity contribution < 1.29 is 14.0 Å². The van der Waals surface area contributed by atoms with Crippen LogP contribution in [0.2, 0.25) is 0 Å². The van der Waals surface area contributed by atoms with Crippen molar-refractivity contribution in [3.05, 3.63) is 99.2 Å². The average Bonchev–Trinajstić information content (AvgIpc) is 2.79. The number of benzene rings is 2. The fraction of sp³-hybridized carbons (Fsp3) is 0.200. The summed E-state index contributed by atoms with van der Waals surface area (Å²) in [6.07, 6.45) is 1.64. The van der Waals surface area contributed by atoms with E-state index in [1.165, 1.54) is 34.0 Å². The molecule has 0 saturated carbocycles. The van der Waals surface area contributed by atoms with E-state index in [1.54, 1.807) is 32.3 Å². The van der Waals surface area contributed by atoms with Crippen LogP contribution in [-0.2, 0) is 18.3 Å². The normalized spacial score (nSPS) is 15.8. The molecule has 3 aromatic rings. The molecule has 2 amide bonds. The monoisotopic (exact) mass is 446 g/mol. The van der Waals surface area contributed by atoms with Gasteiger partial charge in [-0.15, -0.1) is 0 Å². The fourth-order valence-corrected chi connectivity index (χ4v) is 3.75. The van der Waals surface area contributed by atoms with Gasteiger partial charge in [0.05, 0.1) is 11.7 Å². The lowest BCUT2D eigenvalue weighted by Gasteiger charge is -2.30. The largest absolute Gasteiger partial charge is 0.327 e. The maximum Gasteiger partial charge on any atom is 0.321 e. The highest BCUT2D eigenvalue weighted by atomic mass is 19.1. The quantitative estimate of drug-likeness (QED) is 0.652. The first-order valence-corrected chi connectivity index (χ1v) is 10.4. The molecule has 2 aromatic carbocycles. The Labute approximate surface area is 190 Å². The first kappa shape index (κ1) is 22.1. The predicted octanol–water partition coefficient (Wildman–Crippen LogP) is 3.29. The molecule has 0 spiro atoms. The number of nitrogens with one attached hydrogen (secondary N) is 1. The number of nitrogens with zero attached hydrogens (tertiary/aromatic N) is 3. The highest BCUT2D eigenvalue weighted by Crippen LogP contribution is 2.29. The van der Waals surface area contributed by atoms with Gasteiger partial charge in [-0.2, -0.15) is 5.10 Å². The molecule has 0 bridgehead atoms. The molecule has 0 radical (unpaired) electrons. The molecule has 7 nitrogen and oxygen atoms in total. The summed E-state index contributed by atoms with van der Waals surface area (Å²) >= 11 is 0. The van der Waals surface area contributed by atoms with Crippen LogP contribution in [0.5, 0.6) is 0 Å². The summed E-state index contributed by atoms with van der Waals surface area (Å²) in [5.41, 5.74) is 3.99. The van der Waals surface area contributed by atoms with Gasteiger partial charge in [0.25, 0.3) is 5.56 Å². The van der Waals surface area contributed by atoms with Gasteiger partial charge in [0.2, 0.25) is 0 Å². The molecule has 0 aliphatic carbocycles. The van der Waals surface area contributed by atoms with Crippen molar-refractivity contribution in [2.45, 2.75) is 19.4 Å². The van der Waals surface area contributed by atoms with Gasteiger partial charge >= 0.3 is 6.03 Å². The van der Waals surface area contributed by atoms with Crippen LogP contribution in [-0.4, -0.2) is 33.5 Å². The van der Waals surface area contributed by atoms with E-state index in [0.29, 0.717) is 16.8 Å². The number of ketones is 1. The minimum atomic E-state index is -0.671. The number of rotatable bonds is 5. The van der Waals surface area contributed by atoms with E-state index < -0.39 is 11.9 Å². The van der Waals surface area contributed by atoms with Gasteiger partial charge in [-0.05, 0) is 47.9 Å². The van der Waals surface area contributed by atoms with Gasteiger partial charge < -0.3 is 10.2 Å². The average molecular weight is 446 g/mol. The molecule has 1 atom stereocenters. The standard InChI is InChI=1S/C25H23FN4O3/c1-15-4-5-17(21-10-11-23(32)30(3)28-21)12-18(15)13-22(31)20-14-29(2)25(33)27-24(20)16-6-8-19(26)9-7-16/h4-12,14,24H,13H2,1-3H3,(H,27,33)/t24-/m0/s1. The predicted molar refractivity (Wildman–Crippen MR) is 122 cm³/mol. The first-order chi connectivity index (χ1) is 15.7. The van der Waals surface area contributed by atoms with E-state index in [4.69, 9.17) is 0 Å². The van der Waals surface area contributed by atoms with Crippen LogP contribution < -0.4 is 10.9 Å². The van der Waals surface area contributed by atoms with Crippen LogP contribution in [0.15, 0.2) is 71.2 Å². The maximum atomic E-state index is 13.4. The van der Waals surface area contributed by atoms with Crippen LogP contribution in [0.25, 0.3) is 11.3 Å². The van der Waals surface area contributed by atoms with Gasteiger partial charge in [0, 0.05) is 43.9 Å². The zero-order valence-electron chi connectivity index (χ0n) is 18.5. The Hall–Kier alpha value is -4.07. The molecule has 1 aliphatic rings. The van der Waals surface area contributed by atoms with Gasteiger partial charge in [-0.3, -0.25) is 9.59 Å². The lowest BCUT2D eigenvalue weighted by atomic mass is 9.90. The second-order valence-corrected chi connectivity index (χ2v) is 8.05. The molecule has 168 valence electrons. The molecule has 0 saturated heterocycles. The Bertz CT molecular complexity index is 1330. The molecule has 0 unspecified atom stereocenters. The van der Waals surface area contributed by atoms with Crippen LogP contribution in [0, 0.1) is 12.7 Å². The van der Waals surface area contributed by atoms with Crippen LogP contribution in [0.1, 0.15) is 22.7 Å². The number of hydrogen-bond acceptors (Lipinski definition) is 4. The minimum Gasteiger partial charge on any atom is -0.327 e. The number of aromatic nitrogens is 2. The SMILES string of the molecule is Cc1ccc(-c2ccc(=O)n(C)n2)cc1CC(=O)C1=CN(C)C(=O)N[C@H]1c1ccc(F)cc1. The van der Waals surface area contributed by atoms with Gasteiger partial charge in [-0.1, -0.05) is 24.3 Å². The molecule has 1 N–H and O–H groups in total. The summed E-state index contributed by atoms with van der Waals surface area (Å²) in [6.45, 7) is 1.92. The van der Waals surface area contributed by atoms with E-state index in [9.17, 15) is 18.8 Å². The van der Waals surface area contributed by atoms with E-state index in [0.717, 1.165) is 16.7 Å². The molecular formula is C25H23FN4O3. The molecule has 4 rings (SSSR count). The Morgan fingerprint density at radius 1 is 1.06 bits per heavy atom. The molecular weight excluding hydrogens is 423 g/mol. The summed E-state index contributed by atoms with van der Waals surface area (Å²) in [5.74, 6) is -0.556. The van der Waals surface area contributed by atoms with Crippen LogP contribution in [0.4, 0.5) is 9.18 Å². The number of hydrogen-bond donors (Lipinski definition) is 1. The molecule has 33 heavy (non-hydrogen) atoms. The summed E-state index contributed by atoms with van der Waals surface area (Å²) in [7, 11) is 3.15. The number of carbonyl (C=O) groups is 2. The molecule has 1 aliphatic heterocycles. The Kier molecular flexibility index (Phi) is 5.91. The molecule has 1 aromatic heterocycles. The highest BCUT2D eigenvalue weighted by molar-refractivity contribution is 6.00. The van der Waals surface area contributed by atoms with E-state index in [1.807, 2.05) is 25.1 Å². The molecule has 8 heteroatoms. The van der Waals surface area contributed by atoms with E-state index in [-0.39, 0.29) is 23.8 Å². The molecule has 0 fully saturated rings. The minimum absolute atomic E-state index is 0.110. The van der Waals surface area contributed by atoms with Crippen molar-refractivity contribution in [3.63, 3.8) is 0 Å². The van der Waals surface area contributed by atoms with Gasteiger partial charge in [-0.25, -0.2) is 13.9 Å². The zero-order chi connectivity index (χ0) is 23.7. The topological polar surface area (TPSA) is 84.3 Å². The third kappa shape index (κ3) is 4.59. The second kappa shape index (κ2) is 8.82. The van der Waals surface area contributed by atoms with E-state index in [2.05, 4.69) is 10.4 Å². The second-order valence-electron chi connectivity index (χ2n) is 8.05. The van der Waals surface area contributed by atoms with Crippen LogP contribution >= 0.6 is 0 Å². The Morgan fingerprint density at radius 3 is 2.48 bits per heavy atom. The van der Waals surface area contributed by atoms with Crippen molar-refractivity contribution >= 4 is 11.8 Å². The number of urea groups is 1.